The number of halogens is 3. The Morgan fingerprint density at radius 3 is 2.34 bits per heavy atom. The van der Waals surface area contributed by atoms with Crippen molar-refractivity contribution in [2.75, 3.05) is 7.11 Å². The second-order valence-electron chi connectivity index (χ2n) is 6.56. The van der Waals surface area contributed by atoms with E-state index in [4.69, 9.17) is 32.7 Å². The molecule has 154 valence electrons. The van der Waals surface area contributed by atoms with Crippen LogP contribution in [0.3, 0.4) is 0 Å². The smallest absolute Gasteiger partial charge is 0.166 e. The number of methoxy groups -OCH3 is 1. The van der Waals surface area contributed by atoms with Crippen molar-refractivity contribution in [2.24, 2.45) is 0 Å². The van der Waals surface area contributed by atoms with Crippen molar-refractivity contribution in [1.82, 2.24) is 5.32 Å². The van der Waals surface area contributed by atoms with E-state index in [1.807, 2.05) is 24.3 Å². The molecule has 0 bridgehead atoms. The number of hydrogen-bond acceptors (Lipinski definition) is 3. The predicted octanol–water partition coefficient (Wildman–Crippen LogP) is 6.60. The van der Waals surface area contributed by atoms with Gasteiger partial charge in [-0.05, 0) is 30.7 Å². The summed E-state index contributed by atoms with van der Waals surface area (Å²) in [4.78, 5) is 0. The Balaban J connectivity index is 0.00000300. The number of nitrogens with one attached hydrogen (secondary N) is 1. The zero-order valence-corrected chi connectivity index (χ0v) is 18.7. The van der Waals surface area contributed by atoms with Gasteiger partial charge >= 0.3 is 0 Å². The Hall–Kier alpha value is -1.91. The van der Waals surface area contributed by atoms with Crippen LogP contribution in [0.25, 0.3) is 0 Å². The van der Waals surface area contributed by atoms with Gasteiger partial charge in [0.1, 0.15) is 6.61 Å². The summed E-state index contributed by atoms with van der Waals surface area (Å²) < 4.78 is 11.6. The first-order valence-electron chi connectivity index (χ1n) is 9.05. The number of rotatable bonds is 8. The molecule has 0 aliphatic carbocycles. The first-order chi connectivity index (χ1) is 13.6. The quantitative estimate of drug-likeness (QED) is 0.417. The van der Waals surface area contributed by atoms with Gasteiger partial charge in [0.2, 0.25) is 0 Å². The largest absolute Gasteiger partial charge is 0.493 e. The fraction of sp³-hybridized carbons (Fsp3) is 0.217. The molecular formula is C23H24Cl3NO2. The Labute approximate surface area is 188 Å². The van der Waals surface area contributed by atoms with Crippen molar-refractivity contribution in [3.63, 3.8) is 0 Å². The molecule has 3 rings (SSSR count). The summed E-state index contributed by atoms with van der Waals surface area (Å²) in [7, 11) is 1.64. The van der Waals surface area contributed by atoms with Crippen LogP contribution in [0, 0.1) is 6.92 Å². The van der Waals surface area contributed by atoms with E-state index >= 15 is 0 Å². The minimum atomic E-state index is 0. The van der Waals surface area contributed by atoms with Gasteiger partial charge < -0.3 is 14.8 Å². The molecule has 3 nitrogen and oxygen atoms in total. The fourth-order valence-corrected chi connectivity index (χ4v) is 3.32. The molecule has 0 aliphatic heterocycles. The summed E-state index contributed by atoms with van der Waals surface area (Å²) >= 11 is 12.2. The standard InChI is InChI=1S/C23H23Cl2NO2.ClH/c1-16-6-8-17(9-7-16)13-26-14-18-4-3-5-22(27-2)23(18)28-15-19-10-11-20(24)12-21(19)25;/h3-12,26H,13-15H2,1-2H3;1H. The van der Waals surface area contributed by atoms with Gasteiger partial charge in [-0.25, -0.2) is 0 Å². The number of ether oxygens (including phenoxy) is 2. The maximum atomic E-state index is 6.26. The molecule has 0 fully saturated rings. The van der Waals surface area contributed by atoms with E-state index in [1.165, 1.54) is 11.1 Å². The molecule has 0 unspecified atom stereocenters. The van der Waals surface area contributed by atoms with Crippen molar-refractivity contribution in [1.29, 1.82) is 0 Å². The predicted molar refractivity (Wildman–Crippen MR) is 123 cm³/mol. The van der Waals surface area contributed by atoms with Crippen LogP contribution in [-0.4, -0.2) is 7.11 Å². The van der Waals surface area contributed by atoms with E-state index < -0.39 is 0 Å². The van der Waals surface area contributed by atoms with Gasteiger partial charge in [-0.3, -0.25) is 0 Å². The lowest BCUT2D eigenvalue weighted by Gasteiger charge is -2.16. The maximum absolute atomic E-state index is 6.26. The van der Waals surface area contributed by atoms with Crippen LogP contribution in [0.5, 0.6) is 11.5 Å². The van der Waals surface area contributed by atoms with Gasteiger partial charge in [0.15, 0.2) is 11.5 Å². The second-order valence-corrected chi connectivity index (χ2v) is 7.41. The molecule has 3 aromatic carbocycles. The zero-order chi connectivity index (χ0) is 19.9. The second kappa shape index (κ2) is 11.3. The molecule has 0 aliphatic rings. The van der Waals surface area contributed by atoms with Crippen LogP contribution < -0.4 is 14.8 Å². The van der Waals surface area contributed by atoms with E-state index in [9.17, 15) is 0 Å². The van der Waals surface area contributed by atoms with Gasteiger partial charge in [0.25, 0.3) is 0 Å². The summed E-state index contributed by atoms with van der Waals surface area (Å²) in [6.45, 7) is 3.86. The van der Waals surface area contributed by atoms with Crippen LogP contribution in [0.15, 0.2) is 60.7 Å². The van der Waals surface area contributed by atoms with Crippen LogP contribution >= 0.6 is 35.6 Å². The summed E-state index contributed by atoms with van der Waals surface area (Å²) in [5, 5.41) is 4.66. The molecule has 6 heteroatoms. The van der Waals surface area contributed by atoms with Crippen molar-refractivity contribution < 1.29 is 9.47 Å². The van der Waals surface area contributed by atoms with Crippen molar-refractivity contribution in [2.45, 2.75) is 26.6 Å². The lowest BCUT2D eigenvalue weighted by molar-refractivity contribution is 0.280. The average Bonchev–Trinajstić information content (AvgIpc) is 2.69. The molecule has 0 heterocycles. The third-order valence-corrected chi connectivity index (χ3v) is 5.02. The molecule has 0 saturated carbocycles. The van der Waals surface area contributed by atoms with Crippen LogP contribution in [0.2, 0.25) is 10.0 Å². The van der Waals surface area contributed by atoms with Crippen molar-refractivity contribution in [3.05, 3.63) is 93.0 Å². The van der Waals surface area contributed by atoms with Crippen molar-refractivity contribution >= 4 is 35.6 Å². The highest BCUT2D eigenvalue weighted by atomic mass is 35.5. The Morgan fingerprint density at radius 2 is 1.66 bits per heavy atom. The molecule has 0 atom stereocenters. The Morgan fingerprint density at radius 1 is 0.897 bits per heavy atom. The number of para-hydroxylation sites is 1. The van der Waals surface area contributed by atoms with Gasteiger partial charge in [-0.2, -0.15) is 0 Å². The van der Waals surface area contributed by atoms with Crippen molar-refractivity contribution in [3.8, 4) is 11.5 Å². The molecule has 0 spiro atoms. The zero-order valence-electron chi connectivity index (χ0n) is 16.4. The lowest BCUT2D eigenvalue weighted by Crippen LogP contribution is -2.14. The molecule has 0 amide bonds. The molecule has 0 aromatic heterocycles. The van der Waals surface area contributed by atoms with E-state index in [2.05, 4.69) is 36.5 Å². The molecule has 29 heavy (non-hydrogen) atoms. The van der Waals surface area contributed by atoms with Crippen LogP contribution in [-0.2, 0) is 19.7 Å². The summed E-state index contributed by atoms with van der Waals surface area (Å²) in [5.41, 5.74) is 4.39. The van der Waals surface area contributed by atoms with Gasteiger partial charge in [0.05, 0.1) is 7.11 Å². The fourth-order valence-electron chi connectivity index (χ4n) is 2.86. The topological polar surface area (TPSA) is 30.5 Å². The number of benzene rings is 3. The minimum Gasteiger partial charge on any atom is -0.493 e. The SMILES string of the molecule is COc1cccc(CNCc2ccc(C)cc2)c1OCc1ccc(Cl)cc1Cl.Cl. The molecule has 0 saturated heterocycles. The van der Waals surface area contributed by atoms with E-state index in [0.29, 0.717) is 34.7 Å². The summed E-state index contributed by atoms with van der Waals surface area (Å²) in [6.07, 6.45) is 0. The Bertz CT molecular complexity index is 930. The van der Waals surface area contributed by atoms with Gasteiger partial charge in [-0.1, -0.05) is 71.2 Å². The number of hydrogen-bond donors (Lipinski definition) is 1. The first-order valence-corrected chi connectivity index (χ1v) is 9.81. The monoisotopic (exact) mass is 451 g/mol. The normalized spacial score (nSPS) is 10.3. The summed E-state index contributed by atoms with van der Waals surface area (Å²) in [5.74, 6) is 1.41. The van der Waals surface area contributed by atoms with Gasteiger partial charge in [0, 0.05) is 34.3 Å². The average molecular weight is 453 g/mol. The minimum absolute atomic E-state index is 0. The van der Waals surface area contributed by atoms with E-state index in [1.54, 1.807) is 19.2 Å². The maximum Gasteiger partial charge on any atom is 0.166 e. The molecule has 3 aromatic rings. The highest BCUT2D eigenvalue weighted by molar-refractivity contribution is 6.35. The summed E-state index contributed by atoms with van der Waals surface area (Å²) in [6, 6.07) is 19.8. The third kappa shape index (κ3) is 6.55. The third-order valence-electron chi connectivity index (χ3n) is 4.43. The van der Waals surface area contributed by atoms with Crippen LogP contribution in [0.1, 0.15) is 22.3 Å². The lowest BCUT2D eigenvalue weighted by atomic mass is 10.1. The Kier molecular flexibility index (Phi) is 9.12. The molecule has 0 radical (unpaired) electrons. The highest BCUT2D eigenvalue weighted by Gasteiger charge is 2.12. The van der Waals surface area contributed by atoms with Crippen LogP contribution in [0.4, 0.5) is 0 Å². The van der Waals surface area contributed by atoms with E-state index in [-0.39, 0.29) is 12.4 Å². The molecular weight excluding hydrogens is 429 g/mol. The van der Waals surface area contributed by atoms with E-state index in [0.717, 1.165) is 17.7 Å². The van der Waals surface area contributed by atoms with Gasteiger partial charge in [-0.15, -0.1) is 12.4 Å². The first kappa shape index (κ1) is 23.4. The highest BCUT2D eigenvalue weighted by Crippen LogP contribution is 2.32. The molecule has 1 N–H and O–H groups in total. The number of aryl methyl sites for hydroxylation is 1.